The number of aliphatic hydroxyl groups is 1. The van der Waals surface area contributed by atoms with Gasteiger partial charge in [0, 0.05) is 10.9 Å². The molecule has 0 radical (unpaired) electrons. The zero-order valence-corrected chi connectivity index (χ0v) is 13.1. The fourth-order valence-corrected chi connectivity index (χ4v) is 5.19. The Kier molecular flexibility index (Phi) is 4.12. The van der Waals surface area contributed by atoms with E-state index in [4.69, 9.17) is 5.11 Å². The zero-order chi connectivity index (χ0) is 14.9. The number of aryl methyl sites for hydroxylation is 1. The topological polar surface area (TPSA) is 66.4 Å². The van der Waals surface area contributed by atoms with Gasteiger partial charge in [-0.1, -0.05) is 24.3 Å². The van der Waals surface area contributed by atoms with Gasteiger partial charge in [0.15, 0.2) is 0 Å². The number of nitrogens with one attached hydrogen (secondary N) is 1. The Morgan fingerprint density at radius 1 is 1.24 bits per heavy atom. The van der Waals surface area contributed by atoms with Crippen molar-refractivity contribution in [2.24, 2.45) is 0 Å². The van der Waals surface area contributed by atoms with Crippen LogP contribution in [-0.2, 0) is 23.1 Å². The van der Waals surface area contributed by atoms with Gasteiger partial charge in [-0.25, -0.2) is 13.1 Å². The predicted octanol–water partition coefficient (Wildman–Crippen LogP) is 2.60. The summed E-state index contributed by atoms with van der Waals surface area (Å²) in [6.07, 6.45) is 2.80. The molecule has 0 bridgehead atoms. The summed E-state index contributed by atoms with van der Waals surface area (Å²) < 4.78 is 28.0. The second kappa shape index (κ2) is 5.88. The molecule has 1 unspecified atom stereocenters. The van der Waals surface area contributed by atoms with Crippen molar-refractivity contribution in [3.63, 3.8) is 0 Å². The van der Waals surface area contributed by atoms with E-state index in [1.165, 1.54) is 5.56 Å². The first-order valence-corrected chi connectivity index (χ1v) is 9.20. The molecule has 0 saturated carbocycles. The molecule has 2 aromatic rings. The van der Waals surface area contributed by atoms with Gasteiger partial charge in [0.05, 0.1) is 6.61 Å². The van der Waals surface area contributed by atoms with Gasteiger partial charge >= 0.3 is 0 Å². The predicted molar refractivity (Wildman–Crippen MR) is 82.7 cm³/mol. The molecule has 0 aliphatic heterocycles. The van der Waals surface area contributed by atoms with Gasteiger partial charge in [-0.3, -0.25) is 0 Å². The first kappa shape index (κ1) is 14.7. The molecule has 0 fully saturated rings. The molecular formula is C15H17NO3S2. The molecule has 1 aliphatic rings. The van der Waals surface area contributed by atoms with Gasteiger partial charge in [-0.05, 0) is 42.5 Å². The first-order valence-electron chi connectivity index (χ1n) is 6.90. The Hall–Kier alpha value is -1.21. The van der Waals surface area contributed by atoms with Crippen LogP contribution in [-0.4, -0.2) is 13.5 Å². The van der Waals surface area contributed by atoms with Crippen molar-refractivity contribution in [3.05, 3.63) is 52.4 Å². The van der Waals surface area contributed by atoms with Crippen molar-refractivity contribution in [2.75, 3.05) is 0 Å². The molecule has 3 rings (SSSR count). The van der Waals surface area contributed by atoms with Crippen molar-refractivity contribution >= 4 is 21.4 Å². The maximum absolute atomic E-state index is 12.5. The number of rotatable bonds is 4. The number of thiophene rings is 1. The first-order chi connectivity index (χ1) is 10.1. The molecule has 21 heavy (non-hydrogen) atoms. The van der Waals surface area contributed by atoms with Crippen LogP contribution in [0, 0.1) is 0 Å². The molecule has 1 aromatic heterocycles. The van der Waals surface area contributed by atoms with E-state index in [9.17, 15) is 8.42 Å². The van der Waals surface area contributed by atoms with Crippen molar-refractivity contribution in [2.45, 2.75) is 36.1 Å². The molecule has 1 aromatic carbocycles. The fraction of sp³-hybridized carbons (Fsp3) is 0.333. The summed E-state index contributed by atoms with van der Waals surface area (Å²) in [6, 6.07) is 11.0. The van der Waals surface area contributed by atoms with Crippen LogP contribution in [0.25, 0.3) is 0 Å². The van der Waals surface area contributed by atoms with Crippen molar-refractivity contribution in [1.29, 1.82) is 0 Å². The molecule has 6 heteroatoms. The van der Waals surface area contributed by atoms with Crippen LogP contribution in [0.2, 0.25) is 0 Å². The summed E-state index contributed by atoms with van der Waals surface area (Å²) >= 11 is 1.11. The van der Waals surface area contributed by atoms with E-state index in [2.05, 4.69) is 10.8 Å². The van der Waals surface area contributed by atoms with Gasteiger partial charge in [0.2, 0.25) is 0 Å². The Morgan fingerprint density at radius 2 is 2.05 bits per heavy atom. The molecular weight excluding hydrogens is 306 g/mol. The minimum Gasteiger partial charge on any atom is -0.391 e. The summed E-state index contributed by atoms with van der Waals surface area (Å²) in [5.41, 5.74) is 2.30. The summed E-state index contributed by atoms with van der Waals surface area (Å²) in [5.74, 6) is 0. The number of hydrogen-bond donors (Lipinski definition) is 2. The second-order valence-electron chi connectivity index (χ2n) is 5.14. The van der Waals surface area contributed by atoms with Gasteiger partial charge < -0.3 is 5.11 Å². The Bertz CT molecular complexity index is 737. The Morgan fingerprint density at radius 3 is 2.81 bits per heavy atom. The van der Waals surface area contributed by atoms with Gasteiger partial charge in [-0.2, -0.15) is 0 Å². The van der Waals surface area contributed by atoms with Crippen LogP contribution < -0.4 is 4.72 Å². The van der Waals surface area contributed by atoms with Crippen LogP contribution in [0.4, 0.5) is 0 Å². The smallest absolute Gasteiger partial charge is 0.250 e. The molecule has 1 heterocycles. The minimum atomic E-state index is -3.53. The maximum Gasteiger partial charge on any atom is 0.250 e. The molecule has 0 spiro atoms. The summed E-state index contributed by atoms with van der Waals surface area (Å²) in [7, 11) is -3.53. The maximum atomic E-state index is 12.5. The third kappa shape index (κ3) is 3.03. The summed E-state index contributed by atoms with van der Waals surface area (Å²) in [5, 5.41) is 9.06. The molecule has 112 valence electrons. The monoisotopic (exact) mass is 323 g/mol. The van der Waals surface area contributed by atoms with E-state index >= 15 is 0 Å². The third-order valence-electron chi connectivity index (χ3n) is 3.72. The van der Waals surface area contributed by atoms with E-state index in [-0.39, 0.29) is 16.9 Å². The highest BCUT2D eigenvalue weighted by Gasteiger charge is 2.26. The normalized spacial score (nSPS) is 18.4. The number of fused-ring (bicyclic) bond motifs is 1. The van der Waals surface area contributed by atoms with Crippen molar-refractivity contribution < 1.29 is 13.5 Å². The highest BCUT2D eigenvalue weighted by atomic mass is 32.2. The largest absolute Gasteiger partial charge is 0.391 e. The highest BCUT2D eigenvalue weighted by Crippen LogP contribution is 2.31. The van der Waals surface area contributed by atoms with E-state index in [0.717, 1.165) is 36.2 Å². The lowest BCUT2D eigenvalue weighted by atomic mass is 9.88. The summed E-state index contributed by atoms with van der Waals surface area (Å²) in [4.78, 5) is 0.652. The van der Waals surface area contributed by atoms with Crippen LogP contribution in [0.3, 0.4) is 0 Å². The molecule has 2 N–H and O–H groups in total. The molecule has 0 amide bonds. The quantitative estimate of drug-likeness (QED) is 0.909. The number of sulfonamides is 1. The lowest BCUT2D eigenvalue weighted by molar-refractivity contribution is 0.285. The lowest BCUT2D eigenvalue weighted by Crippen LogP contribution is -2.30. The third-order valence-corrected chi connectivity index (χ3v) is 6.76. The van der Waals surface area contributed by atoms with E-state index in [1.807, 2.05) is 18.2 Å². The van der Waals surface area contributed by atoms with Crippen molar-refractivity contribution in [1.82, 2.24) is 4.72 Å². The van der Waals surface area contributed by atoms with Crippen LogP contribution in [0.15, 0.2) is 40.6 Å². The van der Waals surface area contributed by atoms with Gasteiger partial charge in [0.1, 0.15) is 4.21 Å². The zero-order valence-electron chi connectivity index (χ0n) is 11.5. The average Bonchev–Trinajstić information content (AvgIpc) is 2.97. The number of benzene rings is 1. The lowest BCUT2D eigenvalue weighted by Gasteiger charge is -2.25. The number of aliphatic hydroxyl groups excluding tert-OH is 1. The average molecular weight is 323 g/mol. The van der Waals surface area contributed by atoms with E-state index in [1.54, 1.807) is 12.1 Å². The summed E-state index contributed by atoms with van der Waals surface area (Å²) in [6.45, 7) is -0.132. The molecule has 4 nitrogen and oxygen atoms in total. The van der Waals surface area contributed by atoms with Crippen molar-refractivity contribution in [3.8, 4) is 0 Å². The van der Waals surface area contributed by atoms with E-state index < -0.39 is 10.0 Å². The molecule has 1 atom stereocenters. The van der Waals surface area contributed by atoms with Gasteiger partial charge in [-0.15, -0.1) is 11.3 Å². The van der Waals surface area contributed by atoms with Gasteiger partial charge in [0.25, 0.3) is 10.0 Å². The van der Waals surface area contributed by atoms with Crippen LogP contribution in [0.1, 0.15) is 34.9 Å². The standard InChI is InChI=1S/C15H17NO3S2/c17-10-12-8-9-15(20-12)21(18,19)16-14-7-3-5-11-4-1-2-6-13(11)14/h1-2,4,6,8-9,14,16-17H,3,5,7,10H2. The fourth-order valence-electron chi connectivity index (χ4n) is 2.71. The number of hydrogen-bond acceptors (Lipinski definition) is 4. The van der Waals surface area contributed by atoms with E-state index in [0.29, 0.717) is 4.88 Å². The minimum absolute atomic E-state index is 0.132. The highest BCUT2D eigenvalue weighted by molar-refractivity contribution is 7.91. The Labute approximate surface area is 128 Å². The Balaban J connectivity index is 1.86. The van der Waals surface area contributed by atoms with Crippen LogP contribution in [0.5, 0.6) is 0 Å². The molecule has 1 aliphatic carbocycles. The second-order valence-corrected chi connectivity index (χ2v) is 8.25. The van der Waals surface area contributed by atoms with Crippen LogP contribution >= 0.6 is 11.3 Å². The SMILES string of the molecule is O=S(=O)(NC1CCCc2ccccc21)c1ccc(CO)s1. The molecule has 0 saturated heterocycles.